The van der Waals surface area contributed by atoms with Crippen molar-refractivity contribution in [1.82, 2.24) is 39.9 Å². The van der Waals surface area contributed by atoms with E-state index in [1.807, 2.05) is 41.5 Å². The van der Waals surface area contributed by atoms with E-state index in [0.717, 1.165) is 44.0 Å². The van der Waals surface area contributed by atoms with Gasteiger partial charge in [0.1, 0.15) is 46.9 Å². The molecule has 0 radical (unpaired) electrons. The van der Waals surface area contributed by atoms with Crippen LogP contribution in [0.1, 0.15) is 66.1 Å². The summed E-state index contributed by atoms with van der Waals surface area (Å²) < 4.78 is 50.3. The molecule has 3 aromatic heterocycles. The number of hydrogen-bond acceptors (Lipinski definition) is 15. The molecule has 17 nitrogen and oxygen atoms in total. The number of aryl methyl sites for hydroxylation is 1. The van der Waals surface area contributed by atoms with Gasteiger partial charge in [-0.25, -0.2) is 33.1 Å². The number of amides is 1. The summed E-state index contributed by atoms with van der Waals surface area (Å²) in [7, 11) is -3.79. The van der Waals surface area contributed by atoms with Crippen LogP contribution in [0.3, 0.4) is 0 Å². The third kappa shape index (κ3) is 10.0. The highest BCUT2D eigenvalue weighted by atomic mass is 32.2. The van der Waals surface area contributed by atoms with Gasteiger partial charge in [0.15, 0.2) is 15.6 Å². The van der Waals surface area contributed by atoms with Crippen molar-refractivity contribution in [2.75, 3.05) is 69.3 Å². The minimum Gasteiger partial charge on any atom is -0.492 e. The quantitative estimate of drug-likeness (QED) is 0.180. The number of rotatable bonds is 12. The molecule has 310 valence electrons. The van der Waals surface area contributed by atoms with Crippen LogP contribution in [0.4, 0.5) is 22.4 Å². The normalized spacial score (nSPS) is 18.5. The number of anilines is 3. The van der Waals surface area contributed by atoms with E-state index in [2.05, 4.69) is 45.2 Å². The van der Waals surface area contributed by atoms with Crippen molar-refractivity contribution in [3.63, 3.8) is 0 Å². The Hall–Kier alpha value is -4.81. The van der Waals surface area contributed by atoms with Crippen LogP contribution in [0.2, 0.25) is 0 Å². The SMILES string of the molecule is Cc1n[nH]c(Nc2ncnc3cc(OCCCN4CCN(c5ncc(OC[C@H]6CN(C(=O)OC(C)(C)C)[C@H](C)CO6)cn5)CC4)c(S(=O)(=O)C(C)(C)C)cc23)c1C. The van der Waals surface area contributed by atoms with Crippen molar-refractivity contribution in [1.29, 1.82) is 0 Å². The number of aromatic amines is 1. The fourth-order valence-corrected chi connectivity index (χ4v) is 7.73. The number of nitrogens with zero attached hydrogens (tertiary/aromatic N) is 8. The van der Waals surface area contributed by atoms with Crippen molar-refractivity contribution >= 4 is 44.4 Å². The number of morpholine rings is 1. The minimum absolute atomic E-state index is 0.0906. The third-order valence-corrected chi connectivity index (χ3v) is 12.5. The molecule has 0 unspecified atom stereocenters. The minimum atomic E-state index is -3.79. The van der Waals surface area contributed by atoms with Gasteiger partial charge in [-0.3, -0.25) is 10.00 Å². The van der Waals surface area contributed by atoms with Crippen molar-refractivity contribution in [2.45, 2.75) is 96.1 Å². The van der Waals surface area contributed by atoms with Gasteiger partial charge in [-0.2, -0.15) is 5.10 Å². The number of sulfone groups is 1. The smallest absolute Gasteiger partial charge is 0.410 e. The van der Waals surface area contributed by atoms with E-state index in [1.54, 1.807) is 50.2 Å². The lowest BCUT2D eigenvalue weighted by atomic mass is 10.2. The number of carbonyl (C=O) groups is 1. The Balaban J connectivity index is 0.998. The molecule has 0 spiro atoms. The van der Waals surface area contributed by atoms with Gasteiger partial charge >= 0.3 is 6.09 Å². The number of fused-ring (bicyclic) bond motifs is 1. The first-order valence-corrected chi connectivity index (χ1v) is 20.9. The molecule has 2 aliphatic rings. The lowest BCUT2D eigenvalue weighted by Gasteiger charge is -2.38. The van der Waals surface area contributed by atoms with Gasteiger partial charge < -0.3 is 34.1 Å². The average molecular weight is 809 g/mol. The van der Waals surface area contributed by atoms with E-state index < -0.39 is 20.2 Å². The highest BCUT2D eigenvalue weighted by Crippen LogP contribution is 2.37. The second-order valence-corrected chi connectivity index (χ2v) is 19.3. The first-order chi connectivity index (χ1) is 26.9. The molecule has 2 aliphatic heterocycles. The van der Waals surface area contributed by atoms with Crippen molar-refractivity contribution < 1.29 is 32.2 Å². The number of nitrogens with one attached hydrogen (secondary N) is 2. The summed E-state index contributed by atoms with van der Waals surface area (Å²) in [6.07, 6.45) is 4.80. The zero-order valence-corrected chi connectivity index (χ0v) is 35.3. The lowest BCUT2D eigenvalue weighted by Crippen LogP contribution is -2.53. The molecule has 18 heteroatoms. The molecular weight excluding hydrogens is 753 g/mol. The Morgan fingerprint density at radius 2 is 1.72 bits per heavy atom. The molecule has 2 saturated heterocycles. The van der Waals surface area contributed by atoms with Crippen molar-refractivity contribution in [3.05, 3.63) is 42.1 Å². The Labute approximate surface area is 334 Å². The van der Waals surface area contributed by atoms with Crippen LogP contribution >= 0.6 is 0 Å². The molecule has 0 aliphatic carbocycles. The standard InChI is InChI=1S/C39H56N10O7S/c1-25-22-54-29(21-49(25)37(50)56-38(4,5)6)23-55-28-19-40-36(41-20-28)48-14-12-47(13-15-48)11-10-16-53-32-18-31-30(17-33(32)57(51,52)39(7,8)9)35(43-24-42-31)44-34-26(2)27(3)45-46-34/h17-20,24-25,29H,10-16,21-23H2,1-9H3,(H2,42,43,44,45,46)/t25-,29-/m1/s1. The fourth-order valence-electron chi connectivity index (χ4n) is 6.42. The van der Waals surface area contributed by atoms with Crippen LogP contribution in [0.5, 0.6) is 11.5 Å². The Morgan fingerprint density at radius 1 is 1.00 bits per heavy atom. The first kappa shape index (κ1) is 41.8. The van der Waals surface area contributed by atoms with Crippen LogP contribution in [-0.2, 0) is 19.3 Å². The summed E-state index contributed by atoms with van der Waals surface area (Å²) in [5.74, 6) is 2.57. The van der Waals surface area contributed by atoms with E-state index in [0.29, 0.717) is 60.4 Å². The molecule has 57 heavy (non-hydrogen) atoms. The molecule has 2 fully saturated rings. The summed E-state index contributed by atoms with van der Waals surface area (Å²) in [6, 6.07) is 3.21. The molecular formula is C39H56N10O7S. The summed E-state index contributed by atoms with van der Waals surface area (Å²) >= 11 is 0. The van der Waals surface area contributed by atoms with E-state index >= 15 is 0 Å². The maximum atomic E-state index is 13.9. The molecule has 1 aromatic carbocycles. The summed E-state index contributed by atoms with van der Waals surface area (Å²) in [5, 5.41) is 11.0. The lowest BCUT2D eigenvalue weighted by molar-refractivity contribution is -0.0775. The number of piperazine rings is 1. The predicted molar refractivity (Wildman–Crippen MR) is 216 cm³/mol. The third-order valence-electron chi connectivity index (χ3n) is 10.0. The number of H-pyrrole nitrogens is 1. The molecule has 0 saturated carbocycles. The number of aromatic nitrogens is 6. The topological polar surface area (TPSA) is 190 Å². The number of ether oxygens (including phenoxy) is 4. The van der Waals surface area contributed by atoms with E-state index in [4.69, 9.17) is 18.9 Å². The van der Waals surface area contributed by atoms with Gasteiger partial charge in [-0.15, -0.1) is 0 Å². The molecule has 1 amide bonds. The summed E-state index contributed by atoms with van der Waals surface area (Å²) in [4.78, 5) is 36.9. The highest BCUT2D eigenvalue weighted by molar-refractivity contribution is 7.92. The van der Waals surface area contributed by atoms with Crippen LogP contribution < -0.4 is 19.7 Å². The summed E-state index contributed by atoms with van der Waals surface area (Å²) in [6.45, 7) is 21.6. The zero-order chi connectivity index (χ0) is 41.1. The van der Waals surface area contributed by atoms with Crippen molar-refractivity contribution in [3.8, 4) is 11.5 Å². The van der Waals surface area contributed by atoms with Gasteiger partial charge in [-0.05, 0) is 74.8 Å². The largest absolute Gasteiger partial charge is 0.492 e. The van der Waals surface area contributed by atoms with Crippen LogP contribution in [0, 0.1) is 13.8 Å². The van der Waals surface area contributed by atoms with Gasteiger partial charge in [0, 0.05) is 49.7 Å². The Bertz CT molecular complexity index is 2130. The zero-order valence-electron chi connectivity index (χ0n) is 34.5. The molecule has 4 aromatic rings. The second kappa shape index (κ2) is 17.0. The number of hydrogen-bond donors (Lipinski definition) is 2. The molecule has 2 atom stereocenters. The summed E-state index contributed by atoms with van der Waals surface area (Å²) in [5.41, 5.74) is 1.77. The number of benzene rings is 1. The number of carbonyl (C=O) groups excluding carboxylic acids is 1. The first-order valence-electron chi connectivity index (χ1n) is 19.4. The molecule has 2 N–H and O–H groups in total. The highest BCUT2D eigenvalue weighted by Gasteiger charge is 2.35. The average Bonchev–Trinajstić information content (AvgIpc) is 3.47. The second-order valence-electron chi connectivity index (χ2n) is 16.6. The maximum absolute atomic E-state index is 13.9. The fraction of sp³-hybridized carbons (Fsp3) is 0.590. The Morgan fingerprint density at radius 3 is 2.37 bits per heavy atom. The molecule has 0 bridgehead atoms. The predicted octanol–water partition coefficient (Wildman–Crippen LogP) is 5.07. The van der Waals surface area contributed by atoms with Gasteiger partial charge in [0.05, 0.1) is 54.2 Å². The van der Waals surface area contributed by atoms with E-state index in [1.165, 1.54) is 6.33 Å². The molecule has 5 heterocycles. The van der Waals surface area contributed by atoms with Gasteiger partial charge in [0.2, 0.25) is 5.95 Å². The van der Waals surface area contributed by atoms with E-state index in [-0.39, 0.29) is 35.5 Å². The van der Waals surface area contributed by atoms with Crippen LogP contribution in [0.15, 0.2) is 35.7 Å². The van der Waals surface area contributed by atoms with E-state index in [9.17, 15) is 13.2 Å². The van der Waals surface area contributed by atoms with Gasteiger partial charge in [-0.1, -0.05) is 0 Å². The van der Waals surface area contributed by atoms with Crippen LogP contribution in [0.25, 0.3) is 10.9 Å². The monoisotopic (exact) mass is 808 g/mol. The maximum Gasteiger partial charge on any atom is 0.410 e. The van der Waals surface area contributed by atoms with Gasteiger partial charge in [0.25, 0.3) is 0 Å². The van der Waals surface area contributed by atoms with Crippen LogP contribution in [-0.4, -0.2) is 136 Å². The molecule has 6 rings (SSSR count). The van der Waals surface area contributed by atoms with Crippen molar-refractivity contribution in [2.24, 2.45) is 0 Å². The Kier molecular flexibility index (Phi) is 12.4.